The summed E-state index contributed by atoms with van der Waals surface area (Å²) in [5, 5.41) is 0. The van der Waals surface area contributed by atoms with Gasteiger partial charge in [0.05, 0.1) is 5.92 Å². The molecular weight excluding hydrogens is 200 g/mol. The second kappa shape index (κ2) is 3.48. The van der Waals surface area contributed by atoms with Gasteiger partial charge in [-0.1, -0.05) is 34.6 Å². The molecule has 0 aromatic rings. The summed E-state index contributed by atoms with van der Waals surface area (Å²) in [5.74, 6) is 0.697. The molecule has 0 unspecified atom stereocenters. The normalized spacial score (nSPS) is 40.4. The summed E-state index contributed by atoms with van der Waals surface area (Å²) >= 11 is 0. The first-order chi connectivity index (χ1) is 7.29. The highest BCUT2D eigenvalue weighted by Crippen LogP contribution is 2.66. The van der Waals surface area contributed by atoms with E-state index in [-0.39, 0.29) is 23.4 Å². The molecule has 0 spiro atoms. The van der Waals surface area contributed by atoms with E-state index in [0.717, 1.165) is 12.3 Å². The molecule has 2 rings (SSSR count). The van der Waals surface area contributed by atoms with Gasteiger partial charge in [0.2, 0.25) is 0 Å². The van der Waals surface area contributed by atoms with Crippen LogP contribution in [0.15, 0.2) is 0 Å². The fourth-order valence-corrected chi connectivity index (χ4v) is 3.58. The summed E-state index contributed by atoms with van der Waals surface area (Å²) in [6.45, 7) is 10.8. The first kappa shape index (κ1) is 11.9. The smallest absolute Gasteiger partial charge is 0.308 e. The Morgan fingerprint density at radius 3 is 2.31 bits per heavy atom. The molecule has 2 aliphatic rings. The molecule has 2 fully saturated rings. The van der Waals surface area contributed by atoms with Crippen molar-refractivity contribution in [2.45, 2.75) is 60.0 Å². The molecule has 92 valence electrons. The number of carbonyl (C=O) groups excluding carboxylic acids is 1. The predicted octanol–water partition coefficient (Wildman–Crippen LogP) is 3.40. The van der Waals surface area contributed by atoms with Crippen LogP contribution in [-0.2, 0) is 9.53 Å². The van der Waals surface area contributed by atoms with Crippen LogP contribution < -0.4 is 0 Å². The first-order valence-corrected chi connectivity index (χ1v) is 6.49. The van der Waals surface area contributed by atoms with E-state index in [1.807, 2.05) is 13.8 Å². The molecule has 0 aliphatic heterocycles. The zero-order valence-corrected chi connectivity index (χ0v) is 11.2. The molecule has 2 aliphatic carbocycles. The number of esters is 1. The number of ether oxygens (including phenoxy) is 1. The second-order valence-corrected chi connectivity index (χ2v) is 6.69. The van der Waals surface area contributed by atoms with Gasteiger partial charge in [-0.05, 0) is 30.6 Å². The van der Waals surface area contributed by atoms with Crippen molar-refractivity contribution in [1.82, 2.24) is 0 Å². The average Bonchev–Trinajstić information content (AvgIpc) is 2.50. The Kier molecular flexibility index (Phi) is 2.60. The molecule has 2 saturated carbocycles. The van der Waals surface area contributed by atoms with Crippen LogP contribution in [0.1, 0.15) is 53.9 Å². The van der Waals surface area contributed by atoms with E-state index in [4.69, 9.17) is 4.74 Å². The minimum absolute atomic E-state index is 0.00848. The van der Waals surface area contributed by atoms with Gasteiger partial charge >= 0.3 is 5.97 Å². The van der Waals surface area contributed by atoms with Crippen molar-refractivity contribution < 1.29 is 9.53 Å². The summed E-state index contributed by atoms with van der Waals surface area (Å²) in [4.78, 5) is 11.7. The number of hydrogen-bond donors (Lipinski definition) is 0. The monoisotopic (exact) mass is 224 g/mol. The molecule has 2 heteroatoms. The quantitative estimate of drug-likeness (QED) is 0.672. The Bertz CT molecular complexity index is 306. The van der Waals surface area contributed by atoms with Crippen LogP contribution in [0.4, 0.5) is 0 Å². The standard InChI is InChI=1S/C14H24O2/c1-9(2)12(15)16-11-8-10-6-7-14(11,5)13(10,3)4/h9-11H,6-8H2,1-5H3/t10-,11-,14-/m0/s1. The van der Waals surface area contributed by atoms with E-state index < -0.39 is 0 Å². The molecule has 0 aromatic carbocycles. The molecule has 0 radical (unpaired) electrons. The second-order valence-electron chi connectivity index (χ2n) is 6.69. The van der Waals surface area contributed by atoms with E-state index >= 15 is 0 Å². The Balaban J connectivity index is 2.13. The average molecular weight is 224 g/mol. The van der Waals surface area contributed by atoms with Gasteiger partial charge in [-0.25, -0.2) is 0 Å². The van der Waals surface area contributed by atoms with Crippen LogP contribution in [0.5, 0.6) is 0 Å². The molecule has 2 nitrogen and oxygen atoms in total. The van der Waals surface area contributed by atoms with Crippen molar-refractivity contribution in [3.05, 3.63) is 0 Å². The zero-order valence-electron chi connectivity index (χ0n) is 11.2. The van der Waals surface area contributed by atoms with Crippen LogP contribution in [0.25, 0.3) is 0 Å². The van der Waals surface area contributed by atoms with Crippen LogP contribution in [-0.4, -0.2) is 12.1 Å². The Morgan fingerprint density at radius 2 is 1.94 bits per heavy atom. The molecule has 16 heavy (non-hydrogen) atoms. The maximum atomic E-state index is 11.7. The summed E-state index contributed by atoms with van der Waals surface area (Å²) in [7, 11) is 0. The van der Waals surface area contributed by atoms with Crippen molar-refractivity contribution in [3.8, 4) is 0 Å². The molecular formula is C14H24O2. The molecule has 0 saturated heterocycles. The lowest BCUT2D eigenvalue weighted by atomic mass is 9.70. The highest BCUT2D eigenvalue weighted by atomic mass is 16.5. The van der Waals surface area contributed by atoms with Crippen molar-refractivity contribution in [2.75, 3.05) is 0 Å². The SMILES string of the molecule is CC(C)C(=O)O[C@H]1C[C@@H]2CC[C@]1(C)C2(C)C. The summed E-state index contributed by atoms with van der Waals surface area (Å²) < 4.78 is 5.71. The Hall–Kier alpha value is -0.530. The molecule has 0 aromatic heterocycles. The van der Waals surface area contributed by atoms with Crippen molar-refractivity contribution in [1.29, 1.82) is 0 Å². The maximum absolute atomic E-state index is 11.7. The lowest BCUT2D eigenvalue weighted by Crippen LogP contribution is -2.39. The third kappa shape index (κ3) is 1.42. The van der Waals surface area contributed by atoms with Gasteiger partial charge in [-0.3, -0.25) is 4.79 Å². The molecule has 0 amide bonds. The summed E-state index contributed by atoms with van der Waals surface area (Å²) in [6, 6.07) is 0. The van der Waals surface area contributed by atoms with E-state index in [1.165, 1.54) is 12.8 Å². The number of carbonyl (C=O) groups is 1. The topological polar surface area (TPSA) is 26.3 Å². The van der Waals surface area contributed by atoms with E-state index in [1.54, 1.807) is 0 Å². The lowest BCUT2D eigenvalue weighted by Gasteiger charge is -2.38. The third-order valence-corrected chi connectivity index (χ3v) is 5.44. The molecule has 0 heterocycles. The Morgan fingerprint density at radius 1 is 1.31 bits per heavy atom. The predicted molar refractivity (Wildman–Crippen MR) is 63.9 cm³/mol. The fraction of sp³-hybridized carbons (Fsp3) is 0.929. The third-order valence-electron chi connectivity index (χ3n) is 5.44. The van der Waals surface area contributed by atoms with Crippen molar-refractivity contribution in [3.63, 3.8) is 0 Å². The summed E-state index contributed by atoms with van der Waals surface area (Å²) in [6.07, 6.45) is 3.73. The number of fused-ring (bicyclic) bond motifs is 2. The van der Waals surface area contributed by atoms with E-state index in [2.05, 4.69) is 20.8 Å². The Labute approximate surface area is 98.7 Å². The largest absolute Gasteiger partial charge is 0.462 e. The van der Waals surface area contributed by atoms with Crippen LogP contribution >= 0.6 is 0 Å². The maximum Gasteiger partial charge on any atom is 0.308 e. The van der Waals surface area contributed by atoms with E-state index in [0.29, 0.717) is 5.41 Å². The number of rotatable bonds is 2. The lowest BCUT2D eigenvalue weighted by molar-refractivity contribution is -0.160. The van der Waals surface area contributed by atoms with Gasteiger partial charge in [-0.2, -0.15) is 0 Å². The molecule has 0 N–H and O–H groups in total. The molecule has 3 atom stereocenters. The van der Waals surface area contributed by atoms with Gasteiger partial charge < -0.3 is 4.74 Å². The van der Waals surface area contributed by atoms with Crippen molar-refractivity contribution >= 4 is 5.97 Å². The van der Waals surface area contributed by atoms with Gasteiger partial charge in [0.25, 0.3) is 0 Å². The van der Waals surface area contributed by atoms with Crippen LogP contribution in [0.3, 0.4) is 0 Å². The van der Waals surface area contributed by atoms with E-state index in [9.17, 15) is 4.79 Å². The van der Waals surface area contributed by atoms with Crippen LogP contribution in [0, 0.1) is 22.7 Å². The summed E-state index contributed by atoms with van der Waals surface area (Å²) in [5.41, 5.74) is 0.525. The van der Waals surface area contributed by atoms with Gasteiger partial charge in [0.15, 0.2) is 0 Å². The fourth-order valence-electron chi connectivity index (χ4n) is 3.58. The van der Waals surface area contributed by atoms with Gasteiger partial charge in [0, 0.05) is 5.41 Å². The van der Waals surface area contributed by atoms with Gasteiger partial charge in [-0.15, -0.1) is 0 Å². The molecule has 2 bridgehead atoms. The van der Waals surface area contributed by atoms with Gasteiger partial charge in [0.1, 0.15) is 6.10 Å². The van der Waals surface area contributed by atoms with Crippen molar-refractivity contribution in [2.24, 2.45) is 22.7 Å². The first-order valence-electron chi connectivity index (χ1n) is 6.49. The minimum Gasteiger partial charge on any atom is -0.462 e. The van der Waals surface area contributed by atoms with Crippen LogP contribution in [0.2, 0.25) is 0 Å². The highest BCUT2D eigenvalue weighted by Gasteiger charge is 2.62. The minimum atomic E-state index is -0.0328. The number of hydrogen-bond acceptors (Lipinski definition) is 2. The highest BCUT2D eigenvalue weighted by molar-refractivity contribution is 5.71. The zero-order chi connectivity index (χ0) is 12.1.